The van der Waals surface area contributed by atoms with Gasteiger partial charge in [0.2, 0.25) is 0 Å². The molecule has 1 aromatic heterocycles. The first-order valence-electron chi connectivity index (χ1n) is 4.43. The van der Waals surface area contributed by atoms with Crippen molar-refractivity contribution < 1.29 is 0 Å². The van der Waals surface area contributed by atoms with Crippen LogP contribution in [0.3, 0.4) is 0 Å². The third-order valence-corrected chi connectivity index (χ3v) is 3.30. The number of hydrogen-bond acceptors (Lipinski definition) is 2. The minimum atomic E-state index is 0.398. The molecule has 0 radical (unpaired) electrons. The molecule has 1 atom stereocenters. The van der Waals surface area contributed by atoms with E-state index in [9.17, 15) is 0 Å². The predicted molar refractivity (Wildman–Crippen MR) is 58.0 cm³/mol. The van der Waals surface area contributed by atoms with Crippen molar-refractivity contribution in [2.75, 3.05) is 13.6 Å². The highest BCUT2D eigenvalue weighted by Crippen LogP contribution is 2.22. The van der Waals surface area contributed by atoms with Crippen LogP contribution >= 0.6 is 15.9 Å². The lowest BCUT2D eigenvalue weighted by molar-refractivity contribution is 0.459. The molecule has 13 heavy (non-hydrogen) atoms. The summed E-state index contributed by atoms with van der Waals surface area (Å²) in [7, 11) is 1.96. The van der Waals surface area contributed by atoms with Crippen LogP contribution in [-0.2, 0) is 0 Å². The highest BCUT2D eigenvalue weighted by atomic mass is 79.9. The zero-order chi connectivity index (χ0) is 10.0. The molecule has 4 heteroatoms. The largest absolute Gasteiger partial charge is 0.318 e. The minimum absolute atomic E-state index is 0.398. The molecule has 74 valence electrons. The standard InChI is InChI=1S/C9H16BrN3/c1-6(5-11-4)13-8(3)9(10)7(2)12-13/h6,11H,5H2,1-4H3. The van der Waals surface area contributed by atoms with Crippen LogP contribution in [0.5, 0.6) is 0 Å². The van der Waals surface area contributed by atoms with E-state index in [1.807, 2.05) is 14.0 Å². The third-order valence-electron chi connectivity index (χ3n) is 2.15. The Bertz CT molecular complexity index is 293. The van der Waals surface area contributed by atoms with Gasteiger partial charge in [-0.2, -0.15) is 5.10 Å². The molecule has 0 saturated heterocycles. The third kappa shape index (κ3) is 2.11. The van der Waals surface area contributed by atoms with E-state index in [4.69, 9.17) is 0 Å². The van der Waals surface area contributed by atoms with E-state index >= 15 is 0 Å². The summed E-state index contributed by atoms with van der Waals surface area (Å²) in [6.45, 7) is 7.19. The summed E-state index contributed by atoms with van der Waals surface area (Å²) in [6.07, 6.45) is 0. The zero-order valence-electron chi connectivity index (χ0n) is 8.56. The molecule has 0 amide bonds. The Morgan fingerprint density at radius 2 is 2.15 bits per heavy atom. The number of likely N-dealkylation sites (N-methyl/N-ethyl adjacent to an activating group) is 1. The van der Waals surface area contributed by atoms with Gasteiger partial charge >= 0.3 is 0 Å². The van der Waals surface area contributed by atoms with E-state index in [1.165, 1.54) is 5.69 Å². The Balaban J connectivity index is 2.94. The van der Waals surface area contributed by atoms with Gasteiger partial charge in [-0.25, -0.2) is 0 Å². The molecule has 0 aliphatic heterocycles. The maximum Gasteiger partial charge on any atom is 0.0738 e. The fraction of sp³-hybridized carbons (Fsp3) is 0.667. The normalized spacial score (nSPS) is 13.3. The summed E-state index contributed by atoms with van der Waals surface area (Å²) >= 11 is 3.52. The maximum atomic E-state index is 4.46. The second-order valence-electron chi connectivity index (χ2n) is 3.34. The average molecular weight is 246 g/mol. The molecule has 3 nitrogen and oxygen atoms in total. The van der Waals surface area contributed by atoms with Crippen LogP contribution in [0, 0.1) is 13.8 Å². The maximum absolute atomic E-state index is 4.46. The van der Waals surface area contributed by atoms with Crippen molar-refractivity contribution >= 4 is 15.9 Å². The SMILES string of the molecule is CNCC(C)n1nc(C)c(Br)c1C. The molecular weight excluding hydrogens is 230 g/mol. The van der Waals surface area contributed by atoms with Gasteiger partial charge in [-0.1, -0.05) is 0 Å². The lowest BCUT2D eigenvalue weighted by Gasteiger charge is -2.13. The fourth-order valence-corrected chi connectivity index (χ4v) is 1.71. The molecule has 1 N–H and O–H groups in total. The Morgan fingerprint density at radius 1 is 1.54 bits per heavy atom. The predicted octanol–water partition coefficient (Wildman–Crippen LogP) is 2.04. The second-order valence-corrected chi connectivity index (χ2v) is 4.13. The Kier molecular flexibility index (Phi) is 3.50. The van der Waals surface area contributed by atoms with Crippen molar-refractivity contribution in [3.8, 4) is 0 Å². The number of hydrogen-bond donors (Lipinski definition) is 1. The lowest BCUT2D eigenvalue weighted by atomic mass is 10.3. The Hall–Kier alpha value is -0.350. The average Bonchev–Trinajstić information content (AvgIpc) is 2.33. The first-order valence-corrected chi connectivity index (χ1v) is 5.23. The highest BCUT2D eigenvalue weighted by Gasteiger charge is 2.12. The molecule has 1 unspecified atom stereocenters. The summed E-state index contributed by atoms with van der Waals surface area (Å²) < 4.78 is 3.17. The van der Waals surface area contributed by atoms with Crippen molar-refractivity contribution in [2.24, 2.45) is 0 Å². The summed E-state index contributed by atoms with van der Waals surface area (Å²) in [5, 5.41) is 7.60. The second kappa shape index (κ2) is 4.24. The van der Waals surface area contributed by atoms with Gasteiger partial charge in [-0.05, 0) is 43.7 Å². The number of aromatic nitrogens is 2. The van der Waals surface area contributed by atoms with Gasteiger partial charge in [0.25, 0.3) is 0 Å². The fourth-order valence-electron chi connectivity index (χ4n) is 1.45. The highest BCUT2D eigenvalue weighted by molar-refractivity contribution is 9.10. The van der Waals surface area contributed by atoms with Crippen molar-refractivity contribution in [1.29, 1.82) is 0 Å². The van der Waals surface area contributed by atoms with Crippen molar-refractivity contribution in [3.05, 3.63) is 15.9 Å². The van der Waals surface area contributed by atoms with E-state index < -0.39 is 0 Å². The topological polar surface area (TPSA) is 29.9 Å². The van der Waals surface area contributed by atoms with E-state index in [0.29, 0.717) is 6.04 Å². The van der Waals surface area contributed by atoms with Gasteiger partial charge in [0.15, 0.2) is 0 Å². The summed E-state index contributed by atoms with van der Waals surface area (Å²) in [5.74, 6) is 0. The van der Waals surface area contributed by atoms with Gasteiger partial charge in [-0.15, -0.1) is 0 Å². The molecule has 0 aromatic carbocycles. The number of nitrogens with one attached hydrogen (secondary N) is 1. The van der Waals surface area contributed by atoms with Crippen molar-refractivity contribution in [3.63, 3.8) is 0 Å². The van der Waals surface area contributed by atoms with E-state index in [2.05, 4.69) is 44.9 Å². The van der Waals surface area contributed by atoms with Crippen LogP contribution in [0.1, 0.15) is 24.4 Å². The molecule has 0 aliphatic rings. The summed E-state index contributed by atoms with van der Waals surface area (Å²) in [4.78, 5) is 0. The van der Waals surface area contributed by atoms with Crippen LogP contribution in [0.4, 0.5) is 0 Å². The molecular formula is C9H16BrN3. The Morgan fingerprint density at radius 3 is 2.54 bits per heavy atom. The van der Waals surface area contributed by atoms with Crippen LogP contribution in [-0.4, -0.2) is 23.4 Å². The molecule has 0 bridgehead atoms. The number of rotatable bonds is 3. The lowest BCUT2D eigenvalue weighted by Crippen LogP contribution is -2.21. The summed E-state index contributed by atoms with van der Waals surface area (Å²) in [5.41, 5.74) is 2.25. The van der Waals surface area contributed by atoms with Crippen LogP contribution < -0.4 is 5.32 Å². The monoisotopic (exact) mass is 245 g/mol. The van der Waals surface area contributed by atoms with Crippen molar-refractivity contribution in [2.45, 2.75) is 26.8 Å². The van der Waals surface area contributed by atoms with Gasteiger partial charge < -0.3 is 5.32 Å². The number of aryl methyl sites for hydroxylation is 1. The molecule has 1 heterocycles. The van der Waals surface area contributed by atoms with Crippen LogP contribution in [0.2, 0.25) is 0 Å². The van der Waals surface area contributed by atoms with E-state index in [-0.39, 0.29) is 0 Å². The molecule has 0 fully saturated rings. The first-order chi connectivity index (χ1) is 6.07. The van der Waals surface area contributed by atoms with E-state index in [1.54, 1.807) is 0 Å². The quantitative estimate of drug-likeness (QED) is 0.884. The smallest absolute Gasteiger partial charge is 0.0738 e. The zero-order valence-corrected chi connectivity index (χ0v) is 10.1. The Labute approximate surface area is 87.6 Å². The van der Waals surface area contributed by atoms with Crippen LogP contribution in [0.15, 0.2) is 4.47 Å². The first kappa shape index (κ1) is 10.7. The minimum Gasteiger partial charge on any atom is -0.318 e. The van der Waals surface area contributed by atoms with Crippen LogP contribution in [0.25, 0.3) is 0 Å². The number of nitrogens with zero attached hydrogens (tertiary/aromatic N) is 2. The summed E-state index contributed by atoms with van der Waals surface area (Å²) in [6, 6.07) is 0.398. The van der Waals surface area contributed by atoms with Gasteiger partial charge in [0.05, 0.1) is 21.9 Å². The van der Waals surface area contributed by atoms with Gasteiger partial charge in [0, 0.05) is 6.54 Å². The van der Waals surface area contributed by atoms with Gasteiger partial charge in [0.1, 0.15) is 0 Å². The van der Waals surface area contributed by atoms with E-state index in [0.717, 1.165) is 16.7 Å². The molecule has 0 aliphatic carbocycles. The molecule has 0 saturated carbocycles. The molecule has 0 spiro atoms. The van der Waals surface area contributed by atoms with Gasteiger partial charge in [-0.3, -0.25) is 4.68 Å². The number of halogens is 1. The molecule has 1 aromatic rings. The van der Waals surface area contributed by atoms with Crippen molar-refractivity contribution in [1.82, 2.24) is 15.1 Å². The molecule has 1 rings (SSSR count).